The van der Waals surface area contributed by atoms with E-state index in [0.29, 0.717) is 0 Å². The largest absolute Gasteiger partial charge is 0.456 e. The Morgan fingerprint density at radius 2 is 1.71 bits per heavy atom. The van der Waals surface area contributed by atoms with Crippen molar-refractivity contribution in [1.29, 1.82) is 0 Å². The van der Waals surface area contributed by atoms with E-state index in [9.17, 15) is 4.79 Å². The Morgan fingerprint density at radius 3 is 2.18 bits per heavy atom. The highest BCUT2D eigenvalue weighted by atomic mass is 16.6. The summed E-state index contributed by atoms with van der Waals surface area (Å²) in [6, 6.07) is 0. The van der Waals surface area contributed by atoms with Gasteiger partial charge in [0.1, 0.15) is 5.60 Å². The molecule has 0 saturated heterocycles. The van der Waals surface area contributed by atoms with E-state index in [-0.39, 0.29) is 11.6 Å². The molecule has 0 aliphatic carbocycles. The Balaban J connectivity index is 4.11. The van der Waals surface area contributed by atoms with Crippen LogP contribution in [0.3, 0.4) is 0 Å². The van der Waals surface area contributed by atoms with Crippen molar-refractivity contribution in [2.45, 2.75) is 77.7 Å². The van der Waals surface area contributed by atoms with Gasteiger partial charge in [-0.05, 0) is 25.7 Å². The van der Waals surface area contributed by atoms with Gasteiger partial charge in [0, 0.05) is 6.08 Å². The normalized spacial score (nSPS) is 11.2. The number of rotatable bonds is 10. The van der Waals surface area contributed by atoms with Gasteiger partial charge in [-0.2, -0.15) is 0 Å². The Kier molecular flexibility index (Phi) is 8.83. The first kappa shape index (κ1) is 16.2. The maximum atomic E-state index is 11.3. The van der Waals surface area contributed by atoms with E-state index >= 15 is 0 Å². The van der Waals surface area contributed by atoms with Crippen LogP contribution in [0, 0.1) is 0 Å². The van der Waals surface area contributed by atoms with Crippen LogP contribution in [0.2, 0.25) is 0 Å². The van der Waals surface area contributed by atoms with Gasteiger partial charge in [-0.25, -0.2) is 4.79 Å². The standard InChI is InChI=1S/C15H28O2/c1-5-9-10-11-12-13-15(7-3,8-4)17-14(16)6-2/h6H,2,5,7-13H2,1,3-4H3. The molecule has 0 atom stereocenters. The molecule has 0 heterocycles. The van der Waals surface area contributed by atoms with Gasteiger partial charge in [0.2, 0.25) is 0 Å². The number of ether oxygens (including phenoxy) is 1. The number of hydrogen-bond acceptors (Lipinski definition) is 2. The second kappa shape index (κ2) is 9.26. The zero-order valence-electron chi connectivity index (χ0n) is 11.8. The topological polar surface area (TPSA) is 26.3 Å². The van der Waals surface area contributed by atoms with Crippen molar-refractivity contribution in [2.24, 2.45) is 0 Å². The van der Waals surface area contributed by atoms with Gasteiger partial charge in [-0.3, -0.25) is 0 Å². The van der Waals surface area contributed by atoms with E-state index in [2.05, 4.69) is 27.4 Å². The zero-order valence-corrected chi connectivity index (χ0v) is 11.8. The van der Waals surface area contributed by atoms with Gasteiger partial charge in [-0.1, -0.05) is 53.0 Å². The fourth-order valence-electron chi connectivity index (χ4n) is 2.10. The number of esters is 1. The number of hydrogen-bond donors (Lipinski definition) is 0. The van der Waals surface area contributed by atoms with Gasteiger partial charge < -0.3 is 4.74 Å². The predicted octanol–water partition coefficient (Wildman–Crippen LogP) is 4.63. The summed E-state index contributed by atoms with van der Waals surface area (Å²) in [6.45, 7) is 9.85. The van der Waals surface area contributed by atoms with Crippen molar-refractivity contribution in [3.05, 3.63) is 12.7 Å². The zero-order chi connectivity index (χ0) is 13.1. The second-order valence-electron chi connectivity index (χ2n) is 4.68. The van der Waals surface area contributed by atoms with Crippen LogP contribution >= 0.6 is 0 Å². The van der Waals surface area contributed by atoms with Crippen LogP contribution in [-0.2, 0) is 9.53 Å². The van der Waals surface area contributed by atoms with Crippen molar-refractivity contribution >= 4 is 5.97 Å². The van der Waals surface area contributed by atoms with Gasteiger partial charge in [0.15, 0.2) is 0 Å². The molecule has 17 heavy (non-hydrogen) atoms. The molecule has 0 N–H and O–H groups in total. The highest BCUT2D eigenvalue weighted by Crippen LogP contribution is 2.28. The summed E-state index contributed by atoms with van der Waals surface area (Å²) in [5, 5.41) is 0. The average Bonchev–Trinajstić information content (AvgIpc) is 2.37. The lowest BCUT2D eigenvalue weighted by atomic mass is 9.90. The highest BCUT2D eigenvalue weighted by molar-refractivity contribution is 5.81. The van der Waals surface area contributed by atoms with E-state index in [1.165, 1.54) is 31.8 Å². The Labute approximate surface area is 106 Å². The quantitative estimate of drug-likeness (QED) is 0.316. The molecule has 100 valence electrons. The fraction of sp³-hybridized carbons (Fsp3) is 0.800. The fourth-order valence-corrected chi connectivity index (χ4v) is 2.10. The van der Waals surface area contributed by atoms with Crippen LogP contribution in [0.5, 0.6) is 0 Å². The molecule has 0 radical (unpaired) electrons. The van der Waals surface area contributed by atoms with Crippen LogP contribution in [0.4, 0.5) is 0 Å². The first-order valence-electron chi connectivity index (χ1n) is 6.99. The molecule has 0 aromatic carbocycles. The number of unbranched alkanes of at least 4 members (excludes halogenated alkanes) is 4. The summed E-state index contributed by atoms with van der Waals surface area (Å²) >= 11 is 0. The third kappa shape index (κ3) is 6.50. The molecule has 0 bridgehead atoms. The van der Waals surface area contributed by atoms with E-state index < -0.39 is 0 Å². The summed E-state index contributed by atoms with van der Waals surface area (Å²) in [5.41, 5.74) is -0.266. The summed E-state index contributed by atoms with van der Waals surface area (Å²) in [6.07, 6.45) is 10.2. The molecule has 2 nitrogen and oxygen atoms in total. The van der Waals surface area contributed by atoms with E-state index in [0.717, 1.165) is 25.7 Å². The van der Waals surface area contributed by atoms with Crippen LogP contribution in [0.1, 0.15) is 72.1 Å². The maximum absolute atomic E-state index is 11.3. The average molecular weight is 240 g/mol. The van der Waals surface area contributed by atoms with Crippen LogP contribution in [0.25, 0.3) is 0 Å². The monoisotopic (exact) mass is 240 g/mol. The molecule has 0 aliphatic heterocycles. The third-order valence-electron chi connectivity index (χ3n) is 3.51. The molecule has 0 aliphatic rings. The van der Waals surface area contributed by atoms with Crippen molar-refractivity contribution in [1.82, 2.24) is 0 Å². The minimum Gasteiger partial charge on any atom is -0.456 e. The van der Waals surface area contributed by atoms with Crippen molar-refractivity contribution < 1.29 is 9.53 Å². The van der Waals surface area contributed by atoms with Crippen molar-refractivity contribution in [2.75, 3.05) is 0 Å². The lowest BCUT2D eigenvalue weighted by molar-refractivity contribution is -0.155. The molecule has 0 spiro atoms. The lowest BCUT2D eigenvalue weighted by Crippen LogP contribution is -2.33. The number of carbonyl (C=O) groups excluding carboxylic acids is 1. The summed E-state index contributed by atoms with van der Waals surface area (Å²) < 4.78 is 5.54. The minimum absolute atomic E-state index is 0.266. The molecule has 0 saturated carbocycles. The van der Waals surface area contributed by atoms with Crippen LogP contribution < -0.4 is 0 Å². The van der Waals surface area contributed by atoms with Gasteiger partial charge >= 0.3 is 5.97 Å². The smallest absolute Gasteiger partial charge is 0.330 e. The second-order valence-corrected chi connectivity index (χ2v) is 4.68. The number of carbonyl (C=O) groups is 1. The van der Waals surface area contributed by atoms with Crippen molar-refractivity contribution in [3.8, 4) is 0 Å². The Morgan fingerprint density at radius 1 is 1.12 bits per heavy atom. The summed E-state index contributed by atoms with van der Waals surface area (Å²) in [7, 11) is 0. The van der Waals surface area contributed by atoms with Crippen molar-refractivity contribution in [3.63, 3.8) is 0 Å². The molecule has 0 unspecified atom stereocenters. The molecule has 2 heteroatoms. The third-order valence-corrected chi connectivity index (χ3v) is 3.51. The minimum atomic E-state index is -0.290. The van der Waals surface area contributed by atoms with E-state index in [1.54, 1.807) is 0 Å². The molecule has 0 rings (SSSR count). The molecule has 0 aromatic rings. The Bertz CT molecular complexity index is 217. The van der Waals surface area contributed by atoms with Gasteiger partial charge in [-0.15, -0.1) is 0 Å². The lowest BCUT2D eigenvalue weighted by Gasteiger charge is -2.31. The summed E-state index contributed by atoms with van der Waals surface area (Å²) in [5.74, 6) is -0.290. The van der Waals surface area contributed by atoms with E-state index in [4.69, 9.17) is 4.74 Å². The molecule has 0 aromatic heterocycles. The SMILES string of the molecule is C=CC(=O)OC(CC)(CC)CCCCCCC. The predicted molar refractivity (Wildman–Crippen MR) is 73.0 cm³/mol. The maximum Gasteiger partial charge on any atom is 0.330 e. The van der Waals surface area contributed by atoms with Crippen LogP contribution in [0.15, 0.2) is 12.7 Å². The van der Waals surface area contributed by atoms with E-state index in [1.807, 2.05) is 0 Å². The Hall–Kier alpha value is -0.790. The highest BCUT2D eigenvalue weighted by Gasteiger charge is 2.28. The first-order valence-corrected chi connectivity index (χ1v) is 6.99. The first-order chi connectivity index (χ1) is 8.14. The van der Waals surface area contributed by atoms with Gasteiger partial charge in [0.05, 0.1) is 0 Å². The molecular formula is C15H28O2. The van der Waals surface area contributed by atoms with Gasteiger partial charge in [0.25, 0.3) is 0 Å². The van der Waals surface area contributed by atoms with Crippen LogP contribution in [-0.4, -0.2) is 11.6 Å². The molecular weight excluding hydrogens is 212 g/mol. The summed E-state index contributed by atoms with van der Waals surface area (Å²) in [4.78, 5) is 11.3. The molecule has 0 amide bonds. The molecule has 0 fully saturated rings.